The average molecular weight is 255 g/mol. The Bertz CT molecular complexity index is 450. The van der Waals surface area contributed by atoms with Crippen LogP contribution in [0.15, 0.2) is 16.7 Å². The van der Waals surface area contributed by atoms with Crippen molar-refractivity contribution in [1.29, 1.82) is 0 Å². The van der Waals surface area contributed by atoms with E-state index >= 15 is 0 Å². The third kappa shape index (κ3) is 2.63. The van der Waals surface area contributed by atoms with Crippen molar-refractivity contribution in [1.82, 2.24) is 5.32 Å². The van der Waals surface area contributed by atoms with E-state index in [1.54, 1.807) is 11.8 Å². The summed E-state index contributed by atoms with van der Waals surface area (Å²) in [5.74, 6) is -1.42. The highest BCUT2D eigenvalue weighted by Gasteiger charge is 2.42. The SMILES string of the molecule is CSC1(CNC(=O)c2cc(C(=O)O)co2)CC1. The van der Waals surface area contributed by atoms with Crippen LogP contribution < -0.4 is 5.32 Å². The minimum Gasteiger partial charge on any atom is -0.478 e. The second kappa shape index (κ2) is 4.44. The zero-order chi connectivity index (χ0) is 12.5. The van der Waals surface area contributed by atoms with Gasteiger partial charge in [-0.3, -0.25) is 4.79 Å². The zero-order valence-electron chi connectivity index (χ0n) is 9.36. The van der Waals surface area contributed by atoms with Crippen molar-refractivity contribution in [3.63, 3.8) is 0 Å². The van der Waals surface area contributed by atoms with Crippen LogP contribution in [0.3, 0.4) is 0 Å². The molecule has 0 atom stereocenters. The first-order valence-electron chi connectivity index (χ1n) is 5.21. The molecule has 1 saturated carbocycles. The number of nitrogens with one attached hydrogen (secondary N) is 1. The lowest BCUT2D eigenvalue weighted by Crippen LogP contribution is -2.31. The molecule has 1 heterocycles. The van der Waals surface area contributed by atoms with E-state index < -0.39 is 5.97 Å². The lowest BCUT2D eigenvalue weighted by atomic mass is 10.3. The Kier molecular flexibility index (Phi) is 3.15. The number of aromatic carboxylic acids is 1. The van der Waals surface area contributed by atoms with Crippen LogP contribution in [0.5, 0.6) is 0 Å². The van der Waals surface area contributed by atoms with Crippen molar-refractivity contribution in [2.24, 2.45) is 0 Å². The molecule has 0 unspecified atom stereocenters. The third-order valence-corrected chi connectivity index (χ3v) is 4.30. The van der Waals surface area contributed by atoms with Crippen LogP contribution in [0, 0.1) is 0 Å². The van der Waals surface area contributed by atoms with Gasteiger partial charge in [-0.2, -0.15) is 11.8 Å². The monoisotopic (exact) mass is 255 g/mol. The van der Waals surface area contributed by atoms with Gasteiger partial charge in [0.2, 0.25) is 0 Å². The summed E-state index contributed by atoms with van der Waals surface area (Å²) in [4.78, 5) is 22.3. The number of hydrogen-bond acceptors (Lipinski definition) is 4. The van der Waals surface area contributed by atoms with Crippen molar-refractivity contribution in [2.45, 2.75) is 17.6 Å². The molecule has 17 heavy (non-hydrogen) atoms. The fourth-order valence-electron chi connectivity index (χ4n) is 1.49. The van der Waals surface area contributed by atoms with Crippen LogP contribution in [-0.4, -0.2) is 34.5 Å². The Balaban J connectivity index is 1.93. The molecular formula is C11H13NO4S. The van der Waals surface area contributed by atoms with Crippen LogP contribution in [-0.2, 0) is 0 Å². The van der Waals surface area contributed by atoms with E-state index in [2.05, 4.69) is 5.32 Å². The van der Waals surface area contributed by atoms with Crippen molar-refractivity contribution >= 4 is 23.6 Å². The summed E-state index contributed by atoms with van der Waals surface area (Å²) in [7, 11) is 0. The van der Waals surface area contributed by atoms with Gasteiger partial charge in [-0.15, -0.1) is 0 Å². The van der Waals surface area contributed by atoms with Gasteiger partial charge in [0.05, 0.1) is 5.56 Å². The topological polar surface area (TPSA) is 79.5 Å². The van der Waals surface area contributed by atoms with E-state index in [0.717, 1.165) is 19.1 Å². The number of carboxylic acids is 1. The number of furan rings is 1. The molecule has 0 aromatic carbocycles. The Labute approximate surface area is 103 Å². The summed E-state index contributed by atoms with van der Waals surface area (Å²) >= 11 is 1.75. The molecule has 92 valence electrons. The summed E-state index contributed by atoms with van der Waals surface area (Å²) in [5, 5.41) is 11.5. The van der Waals surface area contributed by atoms with Gasteiger partial charge >= 0.3 is 5.97 Å². The molecule has 0 saturated heterocycles. The number of carboxylic acid groups (broad SMARTS) is 1. The van der Waals surface area contributed by atoms with Crippen LogP contribution in [0.2, 0.25) is 0 Å². The van der Waals surface area contributed by atoms with Crippen molar-refractivity contribution < 1.29 is 19.1 Å². The van der Waals surface area contributed by atoms with Gasteiger partial charge in [0, 0.05) is 17.4 Å². The normalized spacial score (nSPS) is 16.5. The number of amides is 1. The minimum atomic E-state index is -1.10. The Morgan fingerprint density at radius 1 is 1.59 bits per heavy atom. The van der Waals surface area contributed by atoms with Crippen molar-refractivity contribution in [2.75, 3.05) is 12.8 Å². The molecule has 0 bridgehead atoms. The first-order chi connectivity index (χ1) is 8.06. The van der Waals surface area contributed by atoms with Gasteiger partial charge in [0.1, 0.15) is 6.26 Å². The summed E-state index contributed by atoms with van der Waals surface area (Å²) in [5.41, 5.74) is -0.0128. The molecule has 2 rings (SSSR count). The number of thioether (sulfide) groups is 1. The maximum absolute atomic E-state index is 11.7. The van der Waals surface area contributed by atoms with E-state index in [-0.39, 0.29) is 22.0 Å². The highest BCUT2D eigenvalue weighted by Crippen LogP contribution is 2.46. The molecule has 0 radical (unpaired) electrons. The van der Waals surface area contributed by atoms with E-state index in [1.807, 2.05) is 6.26 Å². The Hall–Kier alpha value is -1.43. The molecule has 5 nitrogen and oxygen atoms in total. The molecule has 2 N–H and O–H groups in total. The lowest BCUT2D eigenvalue weighted by Gasteiger charge is -2.11. The summed E-state index contributed by atoms with van der Waals surface area (Å²) < 4.78 is 5.09. The predicted molar refractivity (Wildman–Crippen MR) is 63.5 cm³/mol. The molecule has 0 spiro atoms. The Morgan fingerprint density at radius 2 is 2.29 bits per heavy atom. The van der Waals surface area contributed by atoms with Gasteiger partial charge in [-0.1, -0.05) is 0 Å². The largest absolute Gasteiger partial charge is 0.478 e. The lowest BCUT2D eigenvalue weighted by molar-refractivity contribution is 0.0696. The molecule has 6 heteroatoms. The molecule has 1 amide bonds. The van der Waals surface area contributed by atoms with Gasteiger partial charge in [0.15, 0.2) is 5.76 Å². The minimum absolute atomic E-state index is 0.0128. The number of rotatable bonds is 5. The van der Waals surface area contributed by atoms with Crippen LogP contribution >= 0.6 is 11.8 Å². The van der Waals surface area contributed by atoms with Crippen LogP contribution in [0.25, 0.3) is 0 Å². The molecular weight excluding hydrogens is 242 g/mol. The number of carbonyl (C=O) groups excluding carboxylic acids is 1. The smallest absolute Gasteiger partial charge is 0.338 e. The molecule has 1 aliphatic rings. The first-order valence-corrected chi connectivity index (χ1v) is 6.44. The first kappa shape index (κ1) is 12.0. The number of hydrogen-bond donors (Lipinski definition) is 2. The fourth-order valence-corrected chi connectivity index (χ4v) is 2.22. The predicted octanol–water partition coefficient (Wildman–Crippen LogP) is 1.60. The highest BCUT2D eigenvalue weighted by atomic mass is 32.2. The molecule has 1 aromatic rings. The van der Waals surface area contributed by atoms with Gasteiger partial charge < -0.3 is 14.8 Å². The van der Waals surface area contributed by atoms with Gasteiger partial charge in [0.25, 0.3) is 5.91 Å². The van der Waals surface area contributed by atoms with E-state index in [9.17, 15) is 9.59 Å². The van der Waals surface area contributed by atoms with Gasteiger partial charge in [-0.25, -0.2) is 4.79 Å². The molecule has 0 aliphatic heterocycles. The molecule has 1 aliphatic carbocycles. The van der Waals surface area contributed by atoms with Gasteiger partial charge in [-0.05, 0) is 19.1 Å². The average Bonchev–Trinajstić information content (AvgIpc) is 2.92. The Morgan fingerprint density at radius 3 is 2.76 bits per heavy atom. The van der Waals surface area contributed by atoms with E-state index in [1.165, 1.54) is 6.07 Å². The maximum Gasteiger partial charge on any atom is 0.338 e. The van der Waals surface area contributed by atoms with Crippen molar-refractivity contribution in [3.8, 4) is 0 Å². The summed E-state index contributed by atoms with van der Waals surface area (Å²) in [6.07, 6.45) is 5.30. The highest BCUT2D eigenvalue weighted by molar-refractivity contribution is 8.00. The fraction of sp³-hybridized carbons (Fsp3) is 0.455. The molecule has 1 aromatic heterocycles. The summed E-state index contributed by atoms with van der Waals surface area (Å²) in [6, 6.07) is 1.23. The maximum atomic E-state index is 11.7. The zero-order valence-corrected chi connectivity index (χ0v) is 10.2. The standard InChI is InChI=1S/C11H13NO4S/c1-17-11(2-3-11)6-12-9(13)8-4-7(5-16-8)10(14)15/h4-5H,2-3,6H2,1H3,(H,12,13)(H,14,15). The van der Waals surface area contributed by atoms with E-state index in [0.29, 0.717) is 6.54 Å². The molecule has 1 fully saturated rings. The second-order valence-corrected chi connectivity index (χ2v) is 5.35. The number of carbonyl (C=O) groups is 2. The quantitative estimate of drug-likeness (QED) is 0.835. The third-order valence-electron chi connectivity index (χ3n) is 2.88. The summed E-state index contributed by atoms with van der Waals surface area (Å²) in [6.45, 7) is 0.593. The van der Waals surface area contributed by atoms with Crippen LogP contribution in [0.4, 0.5) is 0 Å². The van der Waals surface area contributed by atoms with Crippen LogP contribution in [0.1, 0.15) is 33.8 Å². The second-order valence-electron chi connectivity index (χ2n) is 4.07. The van der Waals surface area contributed by atoms with E-state index in [4.69, 9.17) is 9.52 Å². The van der Waals surface area contributed by atoms with Crippen molar-refractivity contribution in [3.05, 3.63) is 23.7 Å².